The number of carbonyl (C=O) groups excluding carboxylic acids is 3. The minimum atomic E-state index is -1.13. The standard InChI is InChI=1S/C16H19N5O8/c1-6(22)26-4-9-11(27-7(2)23)12(28-8(3)24)15(29-9)21-5-18-10-13(17)19-16(25)20-14(10)21/h5,9,11-12,15H,4H2,1-3H3,(H3,17,19,20,25)/t9-,11+,12?,15-/m1/s1. The summed E-state index contributed by atoms with van der Waals surface area (Å²) in [5, 5.41) is 0. The lowest BCUT2D eigenvalue weighted by Crippen LogP contribution is -2.40. The second kappa shape index (κ2) is 7.87. The molecule has 0 saturated carbocycles. The third-order valence-corrected chi connectivity index (χ3v) is 4.09. The Morgan fingerprint density at radius 3 is 2.45 bits per heavy atom. The van der Waals surface area contributed by atoms with Gasteiger partial charge in [0, 0.05) is 20.8 Å². The van der Waals surface area contributed by atoms with Gasteiger partial charge in [0.05, 0.1) is 6.33 Å². The summed E-state index contributed by atoms with van der Waals surface area (Å²) in [6.45, 7) is 3.30. The average molecular weight is 409 g/mol. The van der Waals surface area contributed by atoms with Gasteiger partial charge in [-0.1, -0.05) is 0 Å². The number of aromatic nitrogens is 4. The number of imidazole rings is 1. The lowest BCUT2D eigenvalue weighted by Gasteiger charge is -2.23. The van der Waals surface area contributed by atoms with Crippen LogP contribution in [-0.2, 0) is 33.3 Å². The highest BCUT2D eigenvalue weighted by atomic mass is 16.7. The second-order valence-corrected chi connectivity index (χ2v) is 6.30. The lowest BCUT2D eigenvalue weighted by molar-refractivity contribution is -0.166. The van der Waals surface area contributed by atoms with E-state index in [0.717, 1.165) is 0 Å². The highest BCUT2D eigenvalue weighted by molar-refractivity contribution is 5.81. The number of esters is 3. The highest BCUT2D eigenvalue weighted by Crippen LogP contribution is 2.36. The normalized spacial score (nSPS) is 23.7. The average Bonchev–Trinajstić information content (AvgIpc) is 3.15. The van der Waals surface area contributed by atoms with Crippen molar-refractivity contribution in [2.75, 3.05) is 12.3 Å². The molecule has 2 aromatic heterocycles. The first-order chi connectivity index (χ1) is 13.7. The van der Waals surface area contributed by atoms with E-state index in [2.05, 4.69) is 15.0 Å². The molecule has 0 radical (unpaired) electrons. The first-order valence-electron chi connectivity index (χ1n) is 8.53. The van der Waals surface area contributed by atoms with Gasteiger partial charge in [-0.05, 0) is 0 Å². The molecule has 0 spiro atoms. The van der Waals surface area contributed by atoms with E-state index in [1.807, 2.05) is 0 Å². The van der Waals surface area contributed by atoms with Crippen LogP contribution >= 0.6 is 0 Å². The number of rotatable bonds is 5. The molecule has 3 N–H and O–H groups in total. The van der Waals surface area contributed by atoms with Crippen LogP contribution in [0.15, 0.2) is 11.1 Å². The first-order valence-corrected chi connectivity index (χ1v) is 8.53. The van der Waals surface area contributed by atoms with Crippen molar-refractivity contribution in [3.63, 3.8) is 0 Å². The summed E-state index contributed by atoms with van der Waals surface area (Å²) in [5.41, 5.74) is 5.31. The van der Waals surface area contributed by atoms with Gasteiger partial charge in [-0.2, -0.15) is 4.98 Å². The number of anilines is 1. The van der Waals surface area contributed by atoms with Crippen molar-refractivity contribution in [3.8, 4) is 0 Å². The fourth-order valence-corrected chi connectivity index (χ4v) is 3.06. The SMILES string of the molecule is CC(=O)OC[C@H]1O[C@@H](n2cnc3c(N)[nH]c(=O)nc32)C(OC(C)=O)[C@H]1OC(C)=O. The fourth-order valence-electron chi connectivity index (χ4n) is 3.06. The van der Waals surface area contributed by atoms with Gasteiger partial charge in [0.1, 0.15) is 24.0 Å². The van der Waals surface area contributed by atoms with Gasteiger partial charge < -0.3 is 24.7 Å². The Morgan fingerprint density at radius 1 is 1.17 bits per heavy atom. The minimum Gasteiger partial charge on any atom is -0.463 e. The monoisotopic (exact) mass is 409 g/mol. The highest BCUT2D eigenvalue weighted by Gasteiger charge is 2.51. The van der Waals surface area contributed by atoms with E-state index >= 15 is 0 Å². The molecule has 2 aromatic rings. The van der Waals surface area contributed by atoms with Crippen molar-refractivity contribution < 1.29 is 33.3 Å². The molecule has 1 fully saturated rings. The van der Waals surface area contributed by atoms with Crippen molar-refractivity contribution in [2.24, 2.45) is 0 Å². The van der Waals surface area contributed by atoms with Crippen molar-refractivity contribution in [1.82, 2.24) is 19.5 Å². The van der Waals surface area contributed by atoms with Crippen LogP contribution in [-0.4, -0.2) is 62.3 Å². The van der Waals surface area contributed by atoms with E-state index in [-0.39, 0.29) is 23.6 Å². The number of hydrogen-bond acceptors (Lipinski definition) is 11. The largest absolute Gasteiger partial charge is 0.463 e. The van der Waals surface area contributed by atoms with Crippen LogP contribution in [0.2, 0.25) is 0 Å². The third-order valence-electron chi connectivity index (χ3n) is 4.09. The number of nitrogens with two attached hydrogens (primary N) is 1. The summed E-state index contributed by atoms with van der Waals surface area (Å²) >= 11 is 0. The molecule has 29 heavy (non-hydrogen) atoms. The molecule has 0 bridgehead atoms. The summed E-state index contributed by atoms with van der Waals surface area (Å²) < 4.78 is 22.8. The Balaban J connectivity index is 2.05. The molecule has 0 aliphatic carbocycles. The predicted molar refractivity (Wildman–Crippen MR) is 94.2 cm³/mol. The minimum absolute atomic E-state index is 0.00576. The van der Waals surface area contributed by atoms with E-state index in [4.69, 9.17) is 24.7 Å². The van der Waals surface area contributed by atoms with Gasteiger partial charge >= 0.3 is 23.6 Å². The number of carbonyl (C=O) groups is 3. The first kappa shape index (κ1) is 20.3. The van der Waals surface area contributed by atoms with Crippen LogP contribution in [0.5, 0.6) is 0 Å². The zero-order valence-corrected chi connectivity index (χ0v) is 15.8. The number of nitrogen functional groups attached to an aromatic ring is 1. The molecule has 0 aromatic carbocycles. The van der Waals surface area contributed by atoms with Crippen molar-refractivity contribution >= 4 is 34.9 Å². The summed E-state index contributed by atoms with van der Waals surface area (Å²) in [4.78, 5) is 56.5. The molecule has 4 atom stereocenters. The molecule has 1 unspecified atom stereocenters. The molecular formula is C16H19N5O8. The number of hydrogen-bond donors (Lipinski definition) is 2. The summed E-state index contributed by atoms with van der Waals surface area (Å²) in [7, 11) is 0. The van der Waals surface area contributed by atoms with E-state index in [1.165, 1.54) is 31.7 Å². The number of aromatic amines is 1. The maximum Gasteiger partial charge on any atom is 0.348 e. The molecule has 1 saturated heterocycles. The topological polar surface area (TPSA) is 178 Å². The van der Waals surface area contributed by atoms with Gasteiger partial charge in [-0.3, -0.25) is 23.9 Å². The fraction of sp³-hybridized carbons (Fsp3) is 0.500. The maximum atomic E-state index is 11.7. The number of ether oxygens (including phenoxy) is 4. The number of nitrogens with one attached hydrogen (secondary N) is 1. The predicted octanol–water partition coefficient (Wildman–Crippen LogP) is -0.974. The van der Waals surface area contributed by atoms with Gasteiger partial charge in [-0.15, -0.1) is 0 Å². The van der Waals surface area contributed by atoms with Gasteiger partial charge in [0.25, 0.3) is 0 Å². The van der Waals surface area contributed by atoms with Gasteiger partial charge in [-0.25, -0.2) is 9.78 Å². The van der Waals surface area contributed by atoms with Crippen molar-refractivity contribution in [1.29, 1.82) is 0 Å². The quantitative estimate of drug-likeness (QED) is 0.458. The number of nitrogens with zero attached hydrogens (tertiary/aromatic N) is 3. The van der Waals surface area contributed by atoms with Crippen LogP contribution in [0.3, 0.4) is 0 Å². The summed E-state index contributed by atoms with van der Waals surface area (Å²) in [6.07, 6.45) is -2.95. The van der Waals surface area contributed by atoms with Gasteiger partial charge in [0.2, 0.25) is 0 Å². The Bertz CT molecular complexity index is 1010. The van der Waals surface area contributed by atoms with E-state index < -0.39 is 48.1 Å². The molecule has 1 aliphatic rings. The van der Waals surface area contributed by atoms with Gasteiger partial charge in [0.15, 0.2) is 24.1 Å². The van der Waals surface area contributed by atoms with Crippen LogP contribution in [0.1, 0.15) is 27.0 Å². The van der Waals surface area contributed by atoms with E-state index in [0.29, 0.717) is 0 Å². The molecule has 1 aliphatic heterocycles. The lowest BCUT2D eigenvalue weighted by atomic mass is 10.1. The zero-order valence-electron chi connectivity index (χ0n) is 15.8. The third kappa shape index (κ3) is 4.18. The van der Waals surface area contributed by atoms with Crippen molar-refractivity contribution in [3.05, 3.63) is 16.8 Å². The number of H-pyrrole nitrogens is 1. The zero-order chi connectivity index (χ0) is 21.3. The van der Waals surface area contributed by atoms with E-state index in [1.54, 1.807) is 0 Å². The molecule has 156 valence electrons. The van der Waals surface area contributed by atoms with Crippen LogP contribution in [0.4, 0.5) is 5.82 Å². The van der Waals surface area contributed by atoms with Crippen LogP contribution < -0.4 is 11.4 Å². The van der Waals surface area contributed by atoms with Crippen LogP contribution in [0.25, 0.3) is 11.2 Å². The van der Waals surface area contributed by atoms with Crippen molar-refractivity contribution in [2.45, 2.75) is 45.3 Å². The van der Waals surface area contributed by atoms with E-state index in [9.17, 15) is 19.2 Å². The molecule has 13 nitrogen and oxygen atoms in total. The Kier molecular flexibility index (Phi) is 5.50. The molecule has 0 amide bonds. The molecule has 3 rings (SSSR count). The Hall–Kier alpha value is -3.48. The summed E-state index contributed by atoms with van der Waals surface area (Å²) in [6, 6.07) is 0. The van der Waals surface area contributed by atoms with Crippen LogP contribution in [0, 0.1) is 0 Å². The Labute approximate surface area is 163 Å². The molecule has 13 heteroatoms. The maximum absolute atomic E-state index is 11.7. The number of fused-ring (bicyclic) bond motifs is 1. The molecule has 3 heterocycles. The smallest absolute Gasteiger partial charge is 0.348 e. The molecular weight excluding hydrogens is 390 g/mol. The summed E-state index contributed by atoms with van der Waals surface area (Å²) in [5.74, 6) is -1.90. The Morgan fingerprint density at radius 2 is 1.83 bits per heavy atom. The second-order valence-electron chi connectivity index (χ2n) is 6.30.